The molecule has 8 nitrogen and oxygen atoms in total. The zero-order valence-electron chi connectivity index (χ0n) is 17.5. The van der Waals surface area contributed by atoms with Crippen molar-refractivity contribution in [3.63, 3.8) is 0 Å². The summed E-state index contributed by atoms with van der Waals surface area (Å²) >= 11 is 0. The van der Waals surface area contributed by atoms with Gasteiger partial charge in [-0.15, -0.1) is 6.58 Å². The highest BCUT2D eigenvalue weighted by Gasteiger charge is 2.29. The Balaban J connectivity index is 1.57. The van der Waals surface area contributed by atoms with Gasteiger partial charge < -0.3 is 25.6 Å². The van der Waals surface area contributed by atoms with Gasteiger partial charge in [0.25, 0.3) is 0 Å². The summed E-state index contributed by atoms with van der Waals surface area (Å²) in [5, 5.41) is 23.0. The Morgan fingerprint density at radius 3 is 2.22 bits per heavy atom. The number of amides is 2. The van der Waals surface area contributed by atoms with E-state index in [2.05, 4.69) is 17.2 Å². The number of carboxylic acid groups (broad SMARTS) is 1. The predicted molar refractivity (Wildman–Crippen MR) is 118 cm³/mol. The van der Waals surface area contributed by atoms with Gasteiger partial charge in [0.05, 0.1) is 0 Å². The number of ether oxygens (including phenoxy) is 1. The number of carboxylic acids is 1. The van der Waals surface area contributed by atoms with Crippen molar-refractivity contribution in [2.45, 2.75) is 30.9 Å². The average Bonchev–Trinajstić information content (AvgIpc) is 3.11. The summed E-state index contributed by atoms with van der Waals surface area (Å²) in [6, 6.07) is 15.0. The molecular weight excluding hydrogens is 412 g/mol. The molecule has 0 spiro atoms. The number of carbonyl (C=O) groups excluding carboxylic acids is 2. The molecule has 2 atom stereocenters. The topological polar surface area (TPSA) is 125 Å². The zero-order valence-corrected chi connectivity index (χ0v) is 17.5. The predicted octanol–water partition coefficient (Wildman–Crippen LogP) is 2.42. The van der Waals surface area contributed by atoms with Crippen LogP contribution in [0, 0.1) is 0 Å². The van der Waals surface area contributed by atoms with Gasteiger partial charge in [0.1, 0.15) is 12.6 Å². The third-order valence-corrected chi connectivity index (χ3v) is 5.36. The second kappa shape index (κ2) is 10.6. The lowest BCUT2D eigenvalue weighted by Crippen LogP contribution is -2.47. The SMILES string of the molecule is C=CCC(NC(=O)OCC1c2ccccc2-c2ccccc21)C(=O)NCC[C@H](O)C(=O)O. The Morgan fingerprint density at radius 2 is 1.66 bits per heavy atom. The molecule has 8 heteroatoms. The molecule has 1 unspecified atom stereocenters. The van der Waals surface area contributed by atoms with E-state index in [4.69, 9.17) is 9.84 Å². The summed E-state index contributed by atoms with van der Waals surface area (Å²) in [4.78, 5) is 35.4. The Hall–Kier alpha value is -3.65. The highest BCUT2D eigenvalue weighted by Crippen LogP contribution is 2.44. The number of carbonyl (C=O) groups is 3. The molecule has 168 valence electrons. The van der Waals surface area contributed by atoms with Crippen molar-refractivity contribution in [1.29, 1.82) is 0 Å². The van der Waals surface area contributed by atoms with Crippen LogP contribution < -0.4 is 10.6 Å². The minimum atomic E-state index is -1.57. The summed E-state index contributed by atoms with van der Waals surface area (Å²) in [6.07, 6.45) is -0.799. The summed E-state index contributed by atoms with van der Waals surface area (Å²) in [5.74, 6) is -1.98. The minimum Gasteiger partial charge on any atom is -0.479 e. The summed E-state index contributed by atoms with van der Waals surface area (Å²) < 4.78 is 5.46. The first kappa shape index (κ1) is 23.0. The molecule has 2 aromatic rings. The van der Waals surface area contributed by atoms with Crippen molar-refractivity contribution in [3.05, 3.63) is 72.3 Å². The Morgan fingerprint density at radius 1 is 1.06 bits per heavy atom. The van der Waals surface area contributed by atoms with Crippen molar-refractivity contribution in [2.24, 2.45) is 0 Å². The van der Waals surface area contributed by atoms with Gasteiger partial charge in [-0.05, 0) is 28.7 Å². The summed E-state index contributed by atoms with van der Waals surface area (Å²) in [5.41, 5.74) is 4.40. The monoisotopic (exact) mass is 438 g/mol. The van der Waals surface area contributed by atoms with E-state index in [-0.39, 0.29) is 31.9 Å². The Kier molecular flexibility index (Phi) is 7.62. The number of nitrogens with one attached hydrogen (secondary N) is 2. The molecule has 0 fully saturated rings. The standard InChI is InChI=1S/C24H26N2O6/c1-2-7-20(22(28)25-13-12-21(27)23(29)30)26-24(31)32-14-19-17-10-5-3-8-15(17)16-9-4-6-11-18(16)19/h2-6,8-11,19-21,27H,1,7,12-14H2,(H,25,28)(H,26,31)(H,29,30)/t20?,21-/m0/s1. The molecule has 0 aromatic heterocycles. The lowest BCUT2D eigenvalue weighted by molar-refractivity contribution is -0.147. The third-order valence-electron chi connectivity index (χ3n) is 5.36. The number of rotatable bonds is 10. The highest BCUT2D eigenvalue weighted by atomic mass is 16.5. The van der Waals surface area contributed by atoms with Crippen LogP contribution in [-0.4, -0.2) is 53.5 Å². The molecule has 32 heavy (non-hydrogen) atoms. The second-order valence-electron chi connectivity index (χ2n) is 7.48. The van der Waals surface area contributed by atoms with Crippen molar-refractivity contribution in [2.75, 3.05) is 13.2 Å². The normalized spacial score (nSPS) is 13.9. The Bertz CT molecular complexity index is 960. The van der Waals surface area contributed by atoms with Crippen LogP contribution in [0.25, 0.3) is 11.1 Å². The average molecular weight is 438 g/mol. The van der Waals surface area contributed by atoms with Gasteiger partial charge in [-0.25, -0.2) is 9.59 Å². The molecule has 3 rings (SSSR count). The van der Waals surface area contributed by atoms with Gasteiger partial charge in [-0.1, -0.05) is 54.6 Å². The van der Waals surface area contributed by atoms with Crippen LogP contribution in [0.15, 0.2) is 61.2 Å². The maximum absolute atomic E-state index is 12.4. The van der Waals surface area contributed by atoms with E-state index in [0.29, 0.717) is 0 Å². The van der Waals surface area contributed by atoms with Crippen molar-refractivity contribution in [3.8, 4) is 11.1 Å². The fourth-order valence-corrected chi connectivity index (χ4v) is 3.76. The van der Waals surface area contributed by atoms with E-state index in [9.17, 15) is 19.5 Å². The van der Waals surface area contributed by atoms with Crippen LogP contribution in [0.3, 0.4) is 0 Å². The van der Waals surface area contributed by atoms with E-state index >= 15 is 0 Å². The first-order chi connectivity index (χ1) is 15.4. The molecule has 0 saturated heterocycles. The molecule has 0 bridgehead atoms. The fraction of sp³-hybridized carbons (Fsp3) is 0.292. The van der Waals surface area contributed by atoms with Gasteiger partial charge >= 0.3 is 12.1 Å². The van der Waals surface area contributed by atoms with E-state index in [0.717, 1.165) is 22.3 Å². The van der Waals surface area contributed by atoms with Crippen LogP contribution in [0.2, 0.25) is 0 Å². The molecule has 0 saturated carbocycles. The van der Waals surface area contributed by atoms with Crippen LogP contribution in [-0.2, 0) is 14.3 Å². The molecule has 4 N–H and O–H groups in total. The van der Waals surface area contributed by atoms with E-state index in [1.54, 1.807) is 0 Å². The van der Waals surface area contributed by atoms with Crippen molar-refractivity contribution in [1.82, 2.24) is 10.6 Å². The van der Waals surface area contributed by atoms with Gasteiger partial charge in [0.2, 0.25) is 5.91 Å². The molecule has 1 aliphatic rings. The van der Waals surface area contributed by atoms with Crippen LogP contribution in [0.5, 0.6) is 0 Å². The molecule has 2 aromatic carbocycles. The first-order valence-electron chi connectivity index (χ1n) is 10.3. The third kappa shape index (κ3) is 5.33. The van der Waals surface area contributed by atoms with E-state index in [1.807, 2.05) is 48.5 Å². The quantitative estimate of drug-likeness (QED) is 0.422. The van der Waals surface area contributed by atoms with Crippen LogP contribution in [0.1, 0.15) is 29.9 Å². The highest BCUT2D eigenvalue weighted by molar-refractivity contribution is 5.86. The second-order valence-corrected chi connectivity index (χ2v) is 7.48. The molecule has 1 aliphatic carbocycles. The largest absolute Gasteiger partial charge is 0.479 e. The number of aliphatic carboxylic acids is 1. The summed E-state index contributed by atoms with van der Waals surface area (Å²) in [7, 11) is 0. The van der Waals surface area contributed by atoms with E-state index < -0.39 is 30.1 Å². The molecular formula is C24H26N2O6. The fourth-order valence-electron chi connectivity index (χ4n) is 3.76. The lowest BCUT2D eigenvalue weighted by Gasteiger charge is -2.19. The number of alkyl carbamates (subject to hydrolysis) is 1. The number of aliphatic hydroxyl groups is 1. The maximum atomic E-state index is 12.4. The minimum absolute atomic E-state index is 0.0493. The number of aliphatic hydroxyl groups excluding tert-OH is 1. The van der Waals surface area contributed by atoms with E-state index in [1.165, 1.54) is 6.08 Å². The van der Waals surface area contributed by atoms with Crippen molar-refractivity contribution < 1.29 is 29.3 Å². The lowest BCUT2D eigenvalue weighted by atomic mass is 9.98. The number of fused-ring (bicyclic) bond motifs is 3. The number of benzene rings is 2. The van der Waals surface area contributed by atoms with Gasteiger partial charge in [-0.3, -0.25) is 4.79 Å². The Labute approximate surface area is 185 Å². The maximum Gasteiger partial charge on any atom is 0.407 e. The first-order valence-corrected chi connectivity index (χ1v) is 10.3. The van der Waals surface area contributed by atoms with Gasteiger partial charge in [0.15, 0.2) is 6.10 Å². The summed E-state index contributed by atoms with van der Waals surface area (Å²) in [6.45, 7) is 3.66. The van der Waals surface area contributed by atoms with Crippen LogP contribution >= 0.6 is 0 Å². The molecule has 2 amide bonds. The molecule has 0 heterocycles. The van der Waals surface area contributed by atoms with Crippen LogP contribution in [0.4, 0.5) is 4.79 Å². The number of hydrogen-bond acceptors (Lipinski definition) is 5. The molecule has 0 aliphatic heterocycles. The zero-order chi connectivity index (χ0) is 23.1. The van der Waals surface area contributed by atoms with Gasteiger partial charge in [-0.2, -0.15) is 0 Å². The van der Waals surface area contributed by atoms with Gasteiger partial charge in [0, 0.05) is 18.9 Å². The number of hydrogen-bond donors (Lipinski definition) is 4. The smallest absolute Gasteiger partial charge is 0.407 e. The molecule has 0 radical (unpaired) electrons. The van der Waals surface area contributed by atoms with Crippen molar-refractivity contribution >= 4 is 18.0 Å².